The molecule has 38 heavy (non-hydrogen) atoms. The molecule has 0 radical (unpaired) electrons. The maximum atomic E-state index is 13.9. The number of non-ortho nitro benzene ring substituents is 1. The number of fused-ring (bicyclic) bond motifs is 5. The van der Waals surface area contributed by atoms with Crippen molar-refractivity contribution in [1.29, 1.82) is 0 Å². The monoisotopic (exact) mass is 507 g/mol. The Morgan fingerprint density at radius 3 is 2.13 bits per heavy atom. The number of Topliss-reactive ketones (excluding diaryl/α,β-unsaturated/α-hetero) is 2. The van der Waals surface area contributed by atoms with E-state index in [-0.39, 0.29) is 17.0 Å². The van der Waals surface area contributed by atoms with E-state index in [1.807, 2.05) is 30.3 Å². The first-order valence-corrected chi connectivity index (χ1v) is 12.1. The summed E-state index contributed by atoms with van der Waals surface area (Å²) in [6.07, 6.45) is 3.61. The lowest BCUT2D eigenvalue weighted by Gasteiger charge is -2.35. The van der Waals surface area contributed by atoms with Crippen LogP contribution in [0.4, 0.5) is 11.4 Å². The first-order valence-electron chi connectivity index (χ1n) is 12.1. The van der Waals surface area contributed by atoms with Crippen LogP contribution in [0.3, 0.4) is 0 Å². The Bertz CT molecular complexity index is 1560. The summed E-state index contributed by atoms with van der Waals surface area (Å²) in [5.74, 6) is -3.20. The lowest BCUT2D eigenvalue weighted by molar-refractivity contribution is -0.384. The molecule has 9 nitrogen and oxygen atoms in total. The first-order chi connectivity index (χ1) is 18.3. The van der Waals surface area contributed by atoms with E-state index >= 15 is 0 Å². The Balaban J connectivity index is 1.45. The van der Waals surface area contributed by atoms with Gasteiger partial charge in [0.05, 0.1) is 28.5 Å². The Morgan fingerprint density at radius 2 is 1.47 bits per heavy atom. The Morgan fingerprint density at radius 1 is 0.842 bits per heavy atom. The zero-order chi connectivity index (χ0) is 26.7. The Labute approximate surface area is 217 Å². The molecule has 9 heteroatoms. The summed E-state index contributed by atoms with van der Waals surface area (Å²) in [4.78, 5) is 66.9. The zero-order valence-corrected chi connectivity index (χ0v) is 20.2. The van der Waals surface area contributed by atoms with Gasteiger partial charge in [-0.1, -0.05) is 24.3 Å². The molecular weight excluding hydrogens is 486 g/mol. The third-order valence-corrected chi connectivity index (χ3v) is 7.62. The highest BCUT2D eigenvalue weighted by molar-refractivity contribution is 6.24. The largest absolute Gasteiger partial charge is 0.358 e. The normalized spacial score (nSPS) is 23.2. The van der Waals surface area contributed by atoms with Crippen LogP contribution in [-0.4, -0.2) is 39.2 Å². The second-order valence-corrected chi connectivity index (χ2v) is 9.62. The van der Waals surface area contributed by atoms with E-state index in [0.717, 1.165) is 16.0 Å². The lowest BCUT2D eigenvalue weighted by atomic mass is 9.83. The van der Waals surface area contributed by atoms with Gasteiger partial charge in [0.2, 0.25) is 11.8 Å². The van der Waals surface area contributed by atoms with Crippen molar-refractivity contribution in [3.8, 4) is 0 Å². The number of rotatable bonds is 5. The van der Waals surface area contributed by atoms with Crippen LogP contribution in [0, 0.1) is 22.0 Å². The number of anilines is 1. The first kappa shape index (κ1) is 23.5. The molecule has 4 atom stereocenters. The van der Waals surface area contributed by atoms with Crippen molar-refractivity contribution in [2.75, 3.05) is 4.90 Å². The molecule has 0 spiro atoms. The van der Waals surface area contributed by atoms with Crippen molar-refractivity contribution in [1.82, 2.24) is 4.90 Å². The van der Waals surface area contributed by atoms with Crippen molar-refractivity contribution in [2.45, 2.75) is 19.0 Å². The van der Waals surface area contributed by atoms with E-state index in [2.05, 4.69) is 0 Å². The molecule has 0 aromatic heterocycles. The Hall–Kier alpha value is -4.92. The summed E-state index contributed by atoms with van der Waals surface area (Å²) in [7, 11) is 0. The number of ketones is 2. The highest BCUT2D eigenvalue weighted by atomic mass is 16.6. The number of nitro groups is 1. The topological polar surface area (TPSA) is 118 Å². The number of hydrogen-bond acceptors (Lipinski definition) is 7. The highest BCUT2D eigenvalue weighted by Crippen LogP contribution is 2.53. The van der Waals surface area contributed by atoms with Crippen molar-refractivity contribution in [2.24, 2.45) is 11.8 Å². The molecule has 3 aliphatic heterocycles. The van der Waals surface area contributed by atoms with Gasteiger partial charge in [0.1, 0.15) is 6.04 Å². The second kappa shape index (κ2) is 8.58. The summed E-state index contributed by atoms with van der Waals surface area (Å²) in [6, 6.07) is 17.6. The molecule has 0 aliphatic carbocycles. The summed E-state index contributed by atoms with van der Waals surface area (Å²) in [6.45, 7) is 1.43. The quantitative estimate of drug-likeness (QED) is 0.220. The maximum absolute atomic E-state index is 13.9. The van der Waals surface area contributed by atoms with Gasteiger partial charge in [-0.3, -0.25) is 29.3 Å². The number of amides is 2. The van der Waals surface area contributed by atoms with Gasteiger partial charge in [0, 0.05) is 29.5 Å². The van der Waals surface area contributed by atoms with E-state index in [1.165, 1.54) is 31.2 Å². The van der Waals surface area contributed by atoms with Crippen LogP contribution in [0.25, 0.3) is 6.08 Å². The molecule has 3 aromatic carbocycles. The number of carbonyl (C=O) groups excluding carboxylic acids is 4. The van der Waals surface area contributed by atoms with Crippen LogP contribution in [0.5, 0.6) is 0 Å². The fraction of sp³-hybridized carbons (Fsp3) is 0.172. The SMILES string of the molecule is CC(=O)c1ccc(N2C(=O)[C@@H]3[C@H](C2=O)[C@@H]2c4ccccc4C=CN2[C@H]3C(=O)c2ccc([N+](=O)[O-])cc2)cc1. The molecule has 3 aliphatic rings. The summed E-state index contributed by atoms with van der Waals surface area (Å²) in [5, 5.41) is 11.1. The average molecular weight is 508 g/mol. The van der Waals surface area contributed by atoms with Crippen molar-refractivity contribution in [3.05, 3.63) is 111 Å². The second-order valence-electron chi connectivity index (χ2n) is 9.62. The van der Waals surface area contributed by atoms with E-state index < -0.39 is 46.4 Å². The number of hydrogen-bond donors (Lipinski definition) is 0. The molecule has 3 aromatic rings. The molecule has 0 saturated carbocycles. The molecule has 0 unspecified atom stereocenters. The van der Waals surface area contributed by atoms with Crippen LogP contribution < -0.4 is 4.90 Å². The van der Waals surface area contributed by atoms with Gasteiger partial charge >= 0.3 is 0 Å². The van der Waals surface area contributed by atoms with Crippen molar-refractivity contribution in [3.63, 3.8) is 0 Å². The molecule has 2 amide bonds. The molecular formula is C29H21N3O6. The lowest BCUT2D eigenvalue weighted by Crippen LogP contribution is -2.44. The number of imide groups is 1. The van der Waals surface area contributed by atoms with Gasteiger partial charge in [-0.15, -0.1) is 0 Å². The van der Waals surface area contributed by atoms with Crippen LogP contribution in [-0.2, 0) is 9.59 Å². The van der Waals surface area contributed by atoms with E-state index in [1.54, 1.807) is 35.4 Å². The average Bonchev–Trinajstić information content (AvgIpc) is 3.40. The number of nitrogens with zero attached hydrogens (tertiary/aromatic N) is 3. The maximum Gasteiger partial charge on any atom is 0.269 e. The number of carbonyl (C=O) groups is 4. The fourth-order valence-electron chi connectivity index (χ4n) is 5.87. The van der Waals surface area contributed by atoms with Crippen LogP contribution >= 0.6 is 0 Å². The summed E-state index contributed by atoms with van der Waals surface area (Å²) >= 11 is 0. The minimum atomic E-state index is -0.978. The zero-order valence-electron chi connectivity index (χ0n) is 20.2. The van der Waals surface area contributed by atoms with Gasteiger partial charge in [-0.25, -0.2) is 4.90 Å². The highest BCUT2D eigenvalue weighted by Gasteiger charge is 2.64. The van der Waals surface area contributed by atoms with Gasteiger partial charge < -0.3 is 4.90 Å². The molecule has 2 fully saturated rings. The van der Waals surface area contributed by atoms with Crippen molar-refractivity contribution < 1.29 is 24.1 Å². The number of nitro benzene ring substituents is 1. The van der Waals surface area contributed by atoms with Crippen molar-refractivity contribution >= 4 is 40.8 Å². The van der Waals surface area contributed by atoms with E-state index in [9.17, 15) is 29.3 Å². The molecule has 0 bridgehead atoms. The van der Waals surface area contributed by atoms with Gasteiger partial charge in [-0.2, -0.15) is 0 Å². The molecule has 6 rings (SSSR count). The van der Waals surface area contributed by atoms with Gasteiger partial charge in [-0.05, 0) is 60.5 Å². The number of benzene rings is 3. The molecule has 3 heterocycles. The third kappa shape index (κ3) is 3.39. The summed E-state index contributed by atoms with van der Waals surface area (Å²) < 4.78 is 0. The van der Waals surface area contributed by atoms with E-state index in [0.29, 0.717) is 11.3 Å². The van der Waals surface area contributed by atoms with Gasteiger partial charge in [0.25, 0.3) is 5.69 Å². The molecule has 0 N–H and O–H groups in total. The summed E-state index contributed by atoms with van der Waals surface area (Å²) in [5.41, 5.74) is 2.61. The van der Waals surface area contributed by atoms with E-state index in [4.69, 9.17) is 0 Å². The van der Waals surface area contributed by atoms with Crippen LogP contribution in [0.15, 0.2) is 79.0 Å². The predicted molar refractivity (Wildman–Crippen MR) is 137 cm³/mol. The fourth-order valence-corrected chi connectivity index (χ4v) is 5.87. The van der Waals surface area contributed by atoms with Crippen LogP contribution in [0.1, 0.15) is 44.8 Å². The van der Waals surface area contributed by atoms with Crippen LogP contribution in [0.2, 0.25) is 0 Å². The van der Waals surface area contributed by atoms with Gasteiger partial charge in [0.15, 0.2) is 11.6 Å². The minimum Gasteiger partial charge on any atom is -0.358 e. The Kier molecular flexibility index (Phi) is 5.30. The third-order valence-electron chi connectivity index (χ3n) is 7.62. The standard InChI is InChI=1S/C29H21N3O6/c1-16(33)17-6-10-20(11-7-17)31-28(35)23-24(29(31)36)26(27(34)19-8-12-21(13-9-19)32(37)38)30-15-14-18-4-2-3-5-22(18)25(23)30/h2-15,23-26H,1H3/t23-,24+,25-,26+/m0/s1. The minimum absolute atomic E-state index is 0.137. The smallest absolute Gasteiger partial charge is 0.269 e. The molecule has 188 valence electrons. The predicted octanol–water partition coefficient (Wildman–Crippen LogP) is 4.20. The molecule has 2 saturated heterocycles.